The average Bonchev–Trinajstić information content (AvgIpc) is 2.16. The molecule has 0 unspecified atom stereocenters. The molecule has 0 fully saturated rings. The minimum absolute atomic E-state index is 0.105. The van der Waals surface area contributed by atoms with E-state index in [4.69, 9.17) is 4.74 Å². The van der Waals surface area contributed by atoms with Crippen molar-refractivity contribution in [2.45, 2.75) is 20.8 Å². The van der Waals surface area contributed by atoms with Gasteiger partial charge >= 0.3 is 0 Å². The maximum Gasteiger partial charge on any atom is 0.133 e. The normalized spacial score (nSPS) is 11.5. The highest BCUT2D eigenvalue weighted by Crippen LogP contribution is 2.27. The molecule has 0 aliphatic rings. The molecule has 0 atom stereocenters. The Kier molecular flexibility index (Phi) is 4.53. The summed E-state index contributed by atoms with van der Waals surface area (Å²) in [5, 5.41) is 0. The lowest BCUT2D eigenvalue weighted by atomic mass is 9.98. The molecule has 0 saturated heterocycles. The van der Waals surface area contributed by atoms with Gasteiger partial charge in [-0.15, -0.1) is 0 Å². The zero-order valence-electron chi connectivity index (χ0n) is 9.38. The van der Waals surface area contributed by atoms with Crippen molar-refractivity contribution in [2.75, 3.05) is 12.4 Å². The van der Waals surface area contributed by atoms with Gasteiger partial charge in [-0.3, -0.25) is 0 Å². The van der Waals surface area contributed by atoms with Crippen LogP contribution >= 0.6 is 28.6 Å². The van der Waals surface area contributed by atoms with Gasteiger partial charge in [0.25, 0.3) is 0 Å². The van der Waals surface area contributed by atoms with Crippen LogP contribution in [0, 0.1) is 12.3 Å². The van der Waals surface area contributed by atoms with E-state index in [1.54, 1.807) is 0 Å². The Hall–Kier alpha value is -0.150. The topological polar surface area (TPSA) is 9.23 Å². The van der Waals surface area contributed by atoms with Gasteiger partial charge in [-0.1, -0.05) is 19.9 Å². The van der Waals surface area contributed by atoms with Crippen LogP contribution in [0.25, 0.3) is 0 Å². The molecule has 0 spiro atoms. The Bertz CT molecular complexity index is 336. The molecule has 0 heterocycles. The van der Waals surface area contributed by atoms with Crippen molar-refractivity contribution in [3.05, 3.63) is 28.2 Å². The van der Waals surface area contributed by atoms with Crippen LogP contribution in [0.15, 0.2) is 22.7 Å². The van der Waals surface area contributed by atoms with Gasteiger partial charge in [0.15, 0.2) is 0 Å². The smallest absolute Gasteiger partial charge is 0.133 e. The summed E-state index contributed by atoms with van der Waals surface area (Å²) in [5.74, 6) is 1.71. The molecule has 0 radical (unpaired) electrons. The maximum atomic E-state index is 5.75. The van der Waals surface area contributed by atoms with Gasteiger partial charge in [0.1, 0.15) is 5.75 Å². The summed E-state index contributed by atoms with van der Waals surface area (Å²) in [6.45, 7) is 7.02. The van der Waals surface area contributed by atoms with Gasteiger partial charge < -0.3 is 4.74 Å². The number of hydrogen-bond donors (Lipinski definition) is 1. The van der Waals surface area contributed by atoms with Crippen LogP contribution in [0.1, 0.15) is 19.4 Å². The highest BCUT2D eigenvalue weighted by atomic mass is 79.9. The van der Waals surface area contributed by atoms with Crippen molar-refractivity contribution in [1.29, 1.82) is 0 Å². The number of rotatable bonds is 4. The van der Waals surface area contributed by atoms with Gasteiger partial charge in [0, 0.05) is 5.41 Å². The van der Waals surface area contributed by atoms with E-state index in [1.807, 2.05) is 12.1 Å². The molecule has 0 amide bonds. The van der Waals surface area contributed by atoms with Crippen molar-refractivity contribution in [2.24, 2.45) is 5.41 Å². The Morgan fingerprint density at radius 3 is 2.60 bits per heavy atom. The van der Waals surface area contributed by atoms with Crippen molar-refractivity contribution in [3.63, 3.8) is 0 Å². The van der Waals surface area contributed by atoms with Crippen LogP contribution in [0.5, 0.6) is 5.75 Å². The molecule has 0 aliphatic carbocycles. The van der Waals surface area contributed by atoms with Crippen LogP contribution < -0.4 is 4.74 Å². The third kappa shape index (κ3) is 4.07. The second-order valence-electron chi connectivity index (χ2n) is 4.54. The molecule has 84 valence electrons. The van der Waals surface area contributed by atoms with E-state index in [2.05, 4.69) is 55.4 Å². The molecule has 0 N–H and O–H groups in total. The molecular formula is C12H17BrOS. The number of hydrogen-bond acceptors (Lipinski definition) is 2. The first-order valence-electron chi connectivity index (χ1n) is 4.94. The highest BCUT2D eigenvalue weighted by Gasteiger charge is 2.17. The molecule has 0 aromatic heterocycles. The summed E-state index contributed by atoms with van der Waals surface area (Å²) >= 11 is 7.79. The average molecular weight is 289 g/mol. The van der Waals surface area contributed by atoms with E-state index in [0.717, 1.165) is 16.0 Å². The number of halogens is 1. The summed E-state index contributed by atoms with van der Waals surface area (Å²) in [6, 6.07) is 6.10. The lowest BCUT2D eigenvalue weighted by Crippen LogP contribution is -2.23. The molecule has 3 heteroatoms. The summed E-state index contributed by atoms with van der Waals surface area (Å²) in [6.07, 6.45) is 0. The SMILES string of the molecule is Cc1ccc(OCC(C)(C)CS)c(Br)c1. The lowest BCUT2D eigenvalue weighted by molar-refractivity contribution is 0.201. The zero-order valence-corrected chi connectivity index (χ0v) is 11.9. The van der Waals surface area contributed by atoms with E-state index >= 15 is 0 Å². The van der Waals surface area contributed by atoms with E-state index in [-0.39, 0.29) is 5.41 Å². The zero-order chi connectivity index (χ0) is 11.5. The van der Waals surface area contributed by atoms with Crippen LogP contribution in [0.2, 0.25) is 0 Å². The molecule has 1 aromatic carbocycles. The van der Waals surface area contributed by atoms with Crippen LogP contribution in [-0.4, -0.2) is 12.4 Å². The quantitative estimate of drug-likeness (QED) is 0.821. The Balaban J connectivity index is 2.66. The second-order valence-corrected chi connectivity index (χ2v) is 5.72. The van der Waals surface area contributed by atoms with Crippen LogP contribution in [-0.2, 0) is 0 Å². The number of aryl methyl sites for hydroxylation is 1. The first-order valence-corrected chi connectivity index (χ1v) is 6.37. The fourth-order valence-electron chi connectivity index (χ4n) is 1.04. The van der Waals surface area contributed by atoms with Crippen molar-refractivity contribution < 1.29 is 4.74 Å². The van der Waals surface area contributed by atoms with Crippen molar-refractivity contribution in [3.8, 4) is 5.75 Å². The third-order valence-electron chi connectivity index (χ3n) is 2.13. The van der Waals surface area contributed by atoms with Gasteiger partial charge in [0.2, 0.25) is 0 Å². The number of thiol groups is 1. The van der Waals surface area contributed by atoms with Gasteiger partial charge in [-0.05, 0) is 46.3 Å². The molecular weight excluding hydrogens is 272 g/mol. The predicted molar refractivity (Wildman–Crippen MR) is 72.0 cm³/mol. The van der Waals surface area contributed by atoms with Crippen molar-refractivity contribution >= 4 is 28.6 Å². The van der Waals surface area contributed by atoms with Gasteiger partial charge in [-0.2, -0.15) is 12.6 Å². The van der Waals surface area contributed by atoms with E-state index in [0.29, 0.717) is 6.61 Å². The van der Waals surface area contributed by atoms with E-state index in [9.17, 15) is 0 Å². The molecule has 0 aliphatic heterocycles. The van der Waals surface area contributed by atoms with E-state index in [1.165, 1.54) is 5.56 Å². The largest absolute Gasteiger partial charge is 0.492 e. The van der Waals surface area contributed by atoms with E-state index < -0.39 is 0 Å². The summed E-state index contributed by atoms with van der Waals surface area (Å²) in [5.41, 5.74) is 1.33. The minimum atomic E-state index is 0.105. The molecule has 1 aromatic rings. The predicted octanol–water partition coefficient (Wildman–Crippen LogP) is 4.09. The summed E-state index contributed by atoms with van der Waals surface area (Å²) in [4.78, 5) is 0. The summed E-state index contributed by atoms with van der Waals surface area (Å²) < 4.78 is 6.76. The van der Waals surface area contributed by atoms with Crippen LogP contribution in [0.4, 0.5) is 0 Å². The third-order valence-corrected chi connectivity index (χ3v) is 3.61. The molecule has 15 heavy (non-hydrogen) atoms. The monoisotopic (exact) mass is 288 g/mol. The van der Waals surface area contributed by atoms with Crippen LogP contribution in [0.3, 0.4) is 0 Å². The molecule has 1 nitrogen and oxygen atoms in total. The summed E-state index contributed by atoms with van der Waals surface area (Å²) in [7, 11) is 0. The first kappa shape index (κ1) is 12.9. The molecule has 1 rings (SSSR count). The number of ether oxygens (including phenoxy) is 1. The van der Waals surface area contributed by atoms with Crippen molar-refractivity contribution in [1.82, 2.24) is 0 Å². The molecule has 0 saturated carbocycles. The molecule has 0 bridgehead atoms. The fourth-order valence-corrected chi connectivity index (χ4v) is 1.74. The fraction of sp³-hybridized carbons (Fsp3) is 0.500. The lowest BCUT2D eigenvalue weighted by Gasteiger charge is -2.22. The Morgan fingerprint density at radius 1 is 1.40 bits per heavy atom. The highest BCUT2D eigenvalue weighted by molar-refractivity contribution is 9.10. The minimum Gasteiger partial charge on any atom is -0.492 e. The van der Waals surface area contributed by atoms with Gasteiger partial charge in [-0.25, -0.2) is 0 Å². The maximum absolute atomic E-state index is 5.75. The van der Waals surface area contributed by atoms with Gasteiger partial charge in [0.05, 0.1) is 11.1 Å². The Labute approximate surface area is 106 Å². The standard InChI is InChI=1S/C12H17BrOS/c1-9-4-5-11(10(13)6-9)14-7-12(2,3)8-15/h4-6,15H,7-8H2,1-3H3. The first-order chi connectivity index (χ1) is 6.94. The number of benzene rings is 1. The Morgan fingerprint density at radius 2 is 2.07 bits per heavy atom. The second kappa shape index (κ2) is 5.26.